The van der Waals surface area contributed by atoms with Crippen LogP contribution in [0, 0.1) is 11.7 Å². The number of aromatic amines is 1. The fraction of sp³-hybridized carbons (Fsp3) is 0.600. The molecule has 2 aromatic rings. The van der Waals surface area contributed by atoms with E-state index in [1.54, 1.807) is 0 Å². The Bertz CT molecular complexity index is 1300. The third kappa shape index (κ3) is 3.68. The van der Waals surface area contributed by atoms with Crippen LogP contribution in [-0.4, -0.2) is 58.9 Å². The third-order valence-electron chi connectivity index (χ3n) is 6.80. The van der Waals surface area contributed by atoms with E-state index in [-0.39, 0.29) is 35.7 Å². The van der Waals surface area contributed by atoms with Crippen molar-refractivity contribution in [3.05, 3.63) is 26.7 Å². The van der Waals surface area contributed by atoms with Gasteiger partial charge in [0, 0.05) is 19.1 Å². The molecule has 36 heavy (non-hydrogen) atoms. The first-order valence-corrected chi connectivity index (χ1v) is 10.8. The summed E-state index contributed by atoms with van der Waals surface area (Å²) in [5.74, 6) is -3.12. The van der Waals surface area contributed by atoms with Crippen LogP contribution in [0.2, 0.25) is 0 Å². The summed E-state index contributed by atoms with van der Waals surface area (Å²) in [6.45, 7) is -0.913. The van der Waals surface area contributed by atoms with Gasteiger partial charge < -0.3 is 26.2 Å². The lowest BCUT2D eigenvalue weighted by molar-refractivity contribution is -0.377. The molecule has 0 amide bonds. The second-order valence-corrected chi connectivity index (χ2v) is 8.98. The number of aromatic nitrogens is 2. The van der Waals surface area contributed by atoms with Crippen LogP contribution in [0.5, 0.6) is 5.75 Å². The van der Waals surface area contributed by atoms with Gasteiger partial charge in [0.25, 0.3) is 11.2 Å². The summed E-state index contributed by atoms with van der Waals surface area (Å²) in [7, 11) is 1.10. The van der Waals surface area contributed by atoms with Crippen molar-refractivity contribution in [3.63, 3.8) is 0 Å². The van der Waals surface area contributed by atoms with E-state index in [2.05, 4.69) is 4.98 Å². The Kier molecular flexibility index (Phi) is 5.98. The molecule has 1 aliphatic heterocycles. The molecule has 0 radical (unpaired) electrons. The maximum absolute atomic E-state index is 15.5. The molecule has 0 bridgehead atoms. The molecule has 9 nitrogen and oxygen atoms in total. The Morgan fingerprint density at radius 3 is 2.19 bits per heavy atom. The number of H-pyrrole nitrogens is 1. The quantitative estimate of drug-likeness (QED) is 0.342. The van der Waals surface area contributed by atoms with Crippen molar-refractivity contribution in [2.45, 2.75) is 49.3 Å². The zero-order valence-electron chi connectivity index (χ0n) is 18.6. The maximum atomic E-state index is 15.5. The minimum absolute atomic E-state index is 0.141. The summed E-state index contributed by atoms with van der Waals surface area (Å²) in [6, 6.07) is -3.18. The molecule has 0 spiro atoms. The van der Waals surface area contributed by atoms with Crippen molar-refractivity contribution in [3.8, 4) is 5.75 Å². The van der Waals surface area contributed by atoms with Gasteiger partial charge in [-0.3, -0.25) is 14.3 Å². The minimum atomic E-state index is -6.13. The van der Waals surface area contributed by atoms with Gasteiger partial charge in [-0.25, -0.2) is 9.18 Å². The predicted molar refractivity (Wildman–Crippen MR) is 113 cm³/mol. The molecule has 1 saturated heterocycles. The average molecular weight is 529 g/mol. The van der Waals surface area contributed by atoms with Crippen molar-refractivity contribution >= 4 is 22.3 Å². The molecule has 1 aliphatic carbocycles. The molecular weight excluding hydrogens is 507 g/mol. The Morgan fingerprint density at radius 1 is 1.11 bits per heavy atom. The van der Waals surface area contributed by atoms with E-state index < -0.39 is 64.9 Å². The van der Waals surface area contributed by atoms with Crippen LogP contribution in [0.4, 0.5) is 42.1 Å². The molecule has 1 saturated carbocycles. The molecule has 1 aromatic heterocycles. The molecule has 2 atom stereocenters. The molecular formula is C20H22F7N5O4. The Morgan fingerprint density at radius 2 is 1.69 bits per heavy atom. The number of nitrogens with zero attached hydrogens (tertiary/aromatic N) is 2. The number of fused-ring (bicyclic) bond motifs is 1. The zero-order chi connectivity index (χ0) is 27.0. The molecule has 2 aliphatic rings. The Labute approximate surface area is 197 Å². The van der Waals surface area contributed by atoms with Gasteiger partial charge >= 0.3 is 18.0 Å². The van der Waals surface area contributed by atoms with Crippen molar-refractivity contribution in [2.24, 2.45) is 11.7 Å². The number of halogens is 7. The number of rotatable bonds is 5. The van der Waals surface area contributed by atoms with E-state index in [1.807, 2.05) is 0 Å². The van der Waals surface area contributed by atoms with Crippen molar-refractivity contribution in [1.82, 2.24) is 9.55 Å². The highest BCUT2D eigenvalue weighted by Gasteiger charge is 2.74. The number of alkyl halides is 6. The van der Waals surface area contributed by atoms with Gasteiger partial charge in [-0.05, 0) is 25.2 Å². The van der Waals surface area contributed by atoms with Crippen LogP contribution >= 0.6 is 0 Å². The summed E-state index contributed by atoms with van der Waals surface area (Å²) in [6.07, 6.45) is -11.5. The van der Waals surface area contributed by atoms with Crippen LogP contribution in [0.3, 0.4) is 0 Å². The second-order valence-electron chi connectivity index (χ2n) is 8.98. The molecule has 2 heterocycles. The standard InChI is InChI=1S/C20H22F7N5O4/c1-36-14-12-9(16(33)30-17(34)32(12)8-2-3-8)11(28)10(21)13(14)31-5-4-7(6-31)15(29)18(35,19(22,23)24)20(25,26)27/h7-8,15,35H,2-6,28-29H2,1H3,(H,30,33,34). The lowest BCUT2D eigenvalue weighted by Crippen LogP contribution is -2.69. The highest BCUT2D eigenvalue weighted by atomic mass is 19.4. The summed E-state index contributed by atoms with van der Waals surface area (Å²) in [5, 5.41) is 9.31. The largest absolute Gasteiger partial charge is 0.492 e. The summed E-state index contributed by atoms with van der Waals surface area (Å²) >= 11 is 0. The summed E-state index contributed by atoms with van der Waals surface area (Å²) in [5.41, 5.74) is 2.96. The van der Waals surface area contributed by atoms with Crippen molar-refractivity contribution < 1.29 is 40.6 Å². The van der Waals surface area contributed by atoms with Gasteiger partial charge in [0.05, 0.1) is 24.2 Å². The Hall–Kier alpha value is -3.01. The third-order valence-corrected chi connectivity index (χ3v) is 6.80. The number of nitrogens with two attached hydrogens (primary N) is 2. The average Bonchev–Trinajstić information content (AvgIpc) is 3.48. The van der Waals surface area contributed by atoms with Gasteiger partial charge in [0.1, 0.15) is 11.2 Å². The van der Waals surface area contributed by atoms with E-state index in [0.717, 1.165) is 12.0 Å². The summed E-state index contributed by atoms with van der Waals surface area (Å²) in [4.78, 5) is 28.1. The normalized spacial score (nSPS) is 20.3. The van der Waals surface area contributed by atoms with Crippen LogP contribution in [-0.2, 0) is 0 Å². The molecule has 16 heteroatoms. The summed E-state index contributed by atoms with van der Waals surface area (Å²) < 4.78 is 102. The first-order chi connectivity index (χ1) is 16.6. The highest BCUT2D eigenvalue weighted by Crippen LogP contribution is 2.49. The predicted octanol–water partition coefficient (Wildman–Crippen LogP) is 1.76. The minimum Gasteiger partial charge on any atom is -0.492 e. The fourth-order valence-electron chi connectivity index (χ4n) is 4.79. The van der Waals surface area contributed by atoms with E-state index in [9.17, 15) is 41.0 Å². The highest BCUT2D eigenvalue weighted by molar-refractivity contribution is 5.99. The topological polar surface area (TPSA) is 140 Å². The zero-order valence-corrected chi connectivity index (χ0v) is 18.6. The van der Waals surface area contributed by atoms with Crippen LogP contribution in [0.25, 0.3) is 10.9 Å². The van der Waals surface area contributed by atoms with Gasteiger partial charge in [-0.1, -0.05) is 0 Å². The van der Waals surface area contributed by atoms with Crippen molar-refractivity contribution in [1.29, 1.82) is 0 Å². The van der Waals surface area contributed by atoms with Gasteiger partial charge in [0.2, 0.25) is 0 Å². The smallest absolute Gasteiger partial charge is 0.427 e. The number of nitrogens with one attached hydrogen (secondary N) is 1. The SMILES string of the molecule is COc1c(N2CCC(C(N)C(O)(C(F)(F)F)C(F)(F)F)C2)c(F)c(N)c2c(=O)[nH]c(=O)n(C3CC3)c12. The van der Waals surface area contributed by atoms with Gasteiger partial charge in [0.15, 0.2) is 11.6 Å². The van der Waals surface area contributed by atoms with E-state index in [1.165, 1.54) is 4.57 Å². The number of benzene rings is 1. The lowest BCUT2D eigenvalue weighted by atomic mass is 9.83. The number of ether oxygens (including phenoxy) is 1. The molecule has 2 fully saturated rings. The molecule has 6 N–H and O–H groups in total. The van der Waals surface area contributed by atoms with Gasteiger partial charge in [-0.15, -0.1) is 0 Å². The molecule has 2 unspecified atom stereocenters. The molecule has 4 rings (SSSR count). The number of hydrogen-bond acceptors (Lipinski definition) is 7. The van der Waals surface area contributed by atoms with E-state index in [4.69, 9.17) is 16.2 Å². The molecule has 1 aromatic carbocycles. The van der Waals surface area contributed by atoms with Crippen molar-refractivity contribution in [2.75, 3.05) is 30.8 Å². The first kappa shape index (κ1) is 26.1. The number of nitrogen functional groups attached to an aromatic ring is 1. The van der Waals surface area contributed by atoms with Crippen LogP contribution < -0.4 is 32.4 Å². The van der Waals surface area contributed by atoms with E-state index in [0.29, 0.717) is 12.8 Å². The van der Waals surface area contributed by atoms with Gasteiger partial charge in [-0.2, -0.15) is 26.3 Å². The fourth-order valence-corrected chi connectivity index (χ4v) is 4.79. The first-order valence-electron chi connectivity index (χ1n) is 10.8. The van der Waals surface area contributed by atoms with Crippen LogP contribution in [0.1, 0.15) is 25.3 Å². The number of hydrogen-bond donors (Lipinski definition) is 4. The van der Waals surface area contributed by atoms with Crippen LogP contribution in [0.15, 0.2) is 9.59 Å². The number of methoxy groups -OCH3 is 1. The molecule has 200 valence electrons. The monoisotopic (exact) mass is 529 g/mol. The Balaban J connectivity index is 1.84. The maximum Gasteiger partial charge on any atom is 0.427 e. The number of anilines is 2. The van der Waals surface area contributed by atoms with E-state index >= 15 is 4.39 Å². The lowest BCUT2D eigenvalue weighted by Gasteiger charge is -2.39. The second kappa shape index (κ2) is 8.26. The number of aliphatic hydroxyl groups is 1.